The van der Waals surface area contributed by atoms with Gasteiger partial charge in [-0.15, -0.1) is 0 Å². The topological polar surface area (TPSA) is 84.0 Å². The number of nitrogens with one attached hydrogen (secondary N) is 2. The molecule has 1 saturated carbocycles. The van der Waals surface area contributed by atoms with Crippen LogP contribution in [-0.2, 0) is 22.7 Å². The van der Waals surface area contributed by atoms with Gasteiger partial charge in [-0.2, -0.15) is 0 Å². The molecular weight excluding hydrogens is 292 g/mol. The van der Waals surface area contributed by atoms with Crippen molar-refractivity contribution in [2.75, 3.05) is 0 Å². The summed E-state index contributed by atoms with van der Waals surface area (Å²) in [5, 5.41) is 5.70. The van der Waals surface area contributed by atoms with Crippen molar-refractivity contribution in [3.05, 3.63) is 60.2 Å². The highest BCUT2D eigenvalue weighted by Gasteiger charge is 2.47. The first-order valence-electron chi connectivity index (χ1n) is 7.57. The number of amides is 2. The summed E-state index contributed by atoms with van der Waals surface area (Å²) < 4.78 is 0. The van der Waals surface area contributed by atoms with E-state index in [0.717, 1.165) is 11.1 Å². The number of hydrogen-bond acceptors (Lipinski definition) is 4. The number of rotatable bonds is 6. The number of carbonyl (C=O) groups excluding carboxylic acids is 2. The summed E-state index contributed by atoms with van der Waals surface area (Å²) >= 11 is 0. The van der Waals surface area contributed by atoms with Crippen LogP contribution in [-0.4, -0.2) is 21.8 Å². The van der Waals surface area contributed by atoms with Crippen LogP contribution in [0.1, 0.15) is 17.5 Å². The van der Waals surface area contributed by atoms with Gasteiger partial charge in [0.15, 0.2) is 0 Å². The van der Waals surface area contributed by atoms with Crippen LogP contribution in [0.25, 0.3) is 0 Å². The number of pyridine rings is 2. The smallest absolute Gasteiger partial charge is 0.224 e. The maximum absolute atomic E-state index is 12.0. The van der Waals surface area contributed by atoms with Crippen LogP contribution in [0, 0.1) is 11.8 Å². The minimum Gasteiger partial charge on any atom is -0.352 e. The second kappa shape index (κ2) is 7.00. The molecule has 23 heavy (non-hydrogen) atoms. The lowest BCUT2D eigenvalue weighted by Gasteiger charge is -2.06. The minimum atomic E-state index is -0.222. The van der Waals surface area contributed by atoms with E-state index in [-0.39, 0.29) is 23.7 Å². The summed E-state index contributed by atoms with van der Waals surface area (Å²) in [6, 6.07) is 7.46. The first-order chi connectivity index (χ1) is 11.2. The fourth-order valence-corrected chi connectivity index (χ4v) is 2.42. The van der Waals surface area contributed by atoms with Crippen LogP contribution >= 0.6 is 0 Å². The second-order valence-electron chi connectivity index (χ2n) is 5.61. The Balaban J connectivity index is 1.41. The predicted molar refractivity (Wildman–Crippen MR) is 83.8 cm³/mol. The molecule has 2 amide bonds. The Morgan fingerprint density at radius 3 is 1.78 bits per heavy atom. The summed E-state index contributed by atoms with van der Waals surface area (Å²) in [6.45, 7) is 0.875. The van der Waals surface area contributed by atoms with Crippen molar-refractivity contribution in [2.24, 2.45) is 11.8 Å². The number of nitrogens with zero attached hydrogens (tertiary/aromatic N) is 2. The largest absolute Gasteiger partial charge is 0.352 e. The first kappa shape index (κ1) is 15.1. The average Bonchev–Trinajstić information content (AvgIpc) is 3.40. The molecule has 0 saturated heterocycles. The van der Waals surface area contributed by atoms with Gasteiger partial charge in [0.2, 0.25) is 11.8 Å². The van der Waals surface area contributed by atoms with Crippen molar-refractivity contribution in [2.45, 2.75) is 19.5 Å². The highest BCUT2D eigenvalue weighted by atomic mass is 16.2. The maximum Gasteiger partial charge on any atom is 0.224 e. The first-order valence-corrected chi connectivity index (χ1v) is 7.57. The average molecular weight is 310 g/mol. The van der Waals surface area contributed by atoms with Crippen molar-refractivity contribution in [3.63, 3.8) is 0 Å². The molecule has 0 unspecified atom stereocenters. The fraction of sp³-hybridized carbons (Fsp3) is 0.294. The lowest BCUT2D eigenvalue weighted by atomic mass is 10.2. The third-order valence-electron chi connectivity index (χ3n) is 3.84. The Morgan fingerprint density at radius 1 is 0.913 bits per heavy atom. The zero-order chi connectivity index (χ0) is 16.1. The van der Waals surface area contributed by atoms with Crippen LogP contribution in [0.2, 0.25) is 0 Å². The highest BCUT2D eigenvalue weighted by molar-refractivity contribution is 5.92. The molecule has 1 aliphatic rings. The van der Waals surface area contributed by atoms with Crippen LogP contribution in [0.5, 0.6) is 0 Å². The SMILES string of the molecule is O=C(NCc1cccnc1)[C@@H]1C[C@H]1C(=O)NCc1cccnc1. The Bertz CT molecular complexity index is 616. The second-order valence-corrected chi connectivity index (χ2v) is 5.61. The van der Waals surface area contributed by atoms with E-state index in [2.05, 4.69) is 20.6 Å². The van der Waals surface area contributed by atoms with E-state index in [1.165, 1.54) is 0 Å². The Labute approximate surface area is 134 Å². The van der Waals surface area contributed by atoms with E-state index in [1.807, 2.05) is 24.3 Å². The third-order valence-corrected chi connectivity index (χ3v) is 3.84. The van der Waals surface area contributed by atoms with Crippen molar-refractivity contribution in [1.82, 2.24) is 20.6 Å². The molecule has 2 aromatic rings. The summed E-state index contributed by atoms with van der Waals surface area (Å²) in [5.41, 5.74) is 1.89. The lowest BCUT2D eigenvalue weighted by Crippen LogP contribution is -2.29. The molecule has 0 bridgehead atoms. The third kappa shape index (κ3) is 4.12. The van der Waals surface area contributed by atoms with Gasteiger partial charge in [0, 0.05) is 37.9 Å². The molecule has 6 heteroatoms. The van der Waals surface area contributed by atoms with Gasteiger partial charge >= 0.3 is 0 Å². The Kier molecular flexibility index (Phi) is 4.61. The molecule has 3 rings (SSSR count). The molecule has 1 aliphatic carbocycles. The predicted octanol–water partition coefficient (Wildman–Crippen LogP) is 1.05. The van der Waals surface area contributed by atoms with Gasteiger partial charge in [-0.1, -0.05) is 12.1 Å². The summed E-state index contributed by atoms with van der Waals surface area (Å²) in [6.07, 6.45) is 7.41. The zero-order valence-electron chi connectivity index (χ0n) is 12.6. The molecule has 1 fully saturated rings. The van der Waals surface area contributed by atoms with E-state index >= 15 is 0 Å². The van der Waals surface area contributed by atoms with E-state index in [1.54, 1.807) is 24.8 Å². The molecule has 118 valence electrons. The summed E-state index contributed by atoms with van der Waals surface area (Å²) in [4.78, 5) is 32.1. The van der Waals surface area contributed by atoms with E-state index in [0.29, 0.717) is 19.5 Å². The van der Waals surface area contributed by atoms with Crippen molar-refractivity contribution < 1.29 is 9.59 Å². The van der Waals surface area contributed by atoms with Crippen molar-refractivity contribution in [3.8, 4) is 0 Å². The number of aromatic nitrogens is 2. The van der Waals surface area contributed by atoms with Gasteiger partial charge in [-0.25, -0.2) is 0 Å². The molecule has 2 N–H and O–H groups in total. The van der Waals surface area contributed by atoms with Gasteiger partial charge in [-0.3, -0.25) is 19.6 Å². The highest BCUT2D eigenvalue weighted by Crippen LogP contribution is 2.38. The Hall–Kier alpha value is -2.76. The molecular formula is C17H18N4O2. The van der Waals surface area contributed by atoms with E-state index in [4.69, 9.17) is 0 Å². The summed E-state index contributed by atoms with van der Waals surface area (Å²) in [5.74, 6) is -0.591. The maximum atomic E-state index is 12.0. The lowest BCUT2D eigenvalue weighted by molar-refractivity contribution is -0.127. The number of carbonyl (C=O) groups is 2. The van der Waals surface area contributed by atoms with E-state index in [9.17, 15) is 9.59 Å². The molecule has 6 nitrogen and oxygen atoms in total. The zero-order valence-corrected chi connectivity index (χ0v) is 12.6. The normalized spacial score (nSPS) is 19.0. The van der Waals surface area contributed by atoms with Crippen LogP contribution in [0.3, 0.4) is 0 Å². The van der Waals surface area contributed by atoms with Crippen LogP contribution in [0.15, 0.2) is 49.1 Å². The molecule has 2 atom stereocenters. The van der Waals surface area contributed by atoms with Gasteiger partial charge in [0.25, 0.3) is 0 Å². The molecule has 2 aromatic heterocycles. The van der Waals surface area contributed by atoms with Crippen molar-refractivity contribution in [1.29, 1.82) is 0 Å². The molecule has 0 aromatic carbocycles. The van der Waals surface area contributed by atoms with Crippen LogP contribution in [0.4, 0.5) is 0 Å². The van der Waals surface area contributed by atoms with E-state index < -0.39 is 0 Å². The van der Waals surface area contributed by atoms with Gasteiger partial charge < -0.3 is 10.6 Å². The monoisotopic (exact) mass is 310 g/mol. The quantitative estimate of drug-likeness (QED) is 0.835. The van der Waals surface area contributed by atoms with Crippen molar-refractivity contribution >= 4 is 11.8 Å². The van der Waals surface area contributed by atoms with Crippen LogP contribution < -0.4 is 10.6 Å². The number of hydrogen-bond donors (Lipinski definition) is 2. The molecule has 0 radical (unpaired) electrons. The minimum absolute atomic E-state index is 0.0737. The Morgan fingerprint density at radius 2 is 1.39 bits per heavy atom. The summed E-state index contributed by atoms with van der Waals surface area (Å²) in [7, 11) is 0. The van der Waals surface area contributed by atoms with Gasteiger partial charge in [0.05, 0.1) is 11.8 Å². The van der Waals surface area contributed by atoms with Gasteiger partial charge in [-0.05, 0) is 29.7 Å². The fourth-order valence-electron chi connectivity index (χ4n) is 2.42. The standard InChI is InChI=1S/C17H18N4O2/c22-16(20-10-12-3-1-5-18-8-12)14-7-15(14)17(23)21-11-13-4-2-6-19-9-13/h1-6,8-9,14-15H,7,10-11H2,(H,20,22)(H,21,23)/t14-,15-/m1/s1. The van der Waals surface area contributed by atoms with Gasteiger partial charge in [0.1, 0.15) is 0 Å². The molecule has 0 aliphatic heterocycles. The molecule has 2 heterocycles. The molecule has 0 spiro atoms.